The van der Waals surface area contributed by atoms with Gasteiger partial charge in [-0.3, -0.25) is 4.79 Å². The van der Waals surface area contributed by atoms with E-state index >= 15 is 0 Å². The fraction of sp³-hybridized carbons (Fsp3) is 0.938. The highest BCUT2D eigenvalue weighted by Gasteiger charge is 2.30. The van der Waals surface area contributed by atoms with Crippen molar-refractivity contribution in [1.29, 1.82) is 0 Å². The molecule has 19 heavy (non-hydrogen) atoms. The summed E-state index contributed by atoms with van der Waals surface area (Å²) < 4.78 is 0. The molecule has 0 aliphatic carbocycles. The predicted molar refractivity (Wildman–Crippen MR) is 82.9 cm³/mol. The summed E-state index contributed by atoms with van der Waals surface area (Å²) in [5.74, 6) is 1.33. The number of nitrogens with zero attached hydrogens (tertiary/aromatic N) is 1. The molecule has 0 heterocycles. The first kappa shape index (κ1) is 18.4. The average Bonchev–Trinajstić information content (AvgIpc) is 2.25. The molecule has 2 N–H and O–H groups in total. The zero-order chi connectivity index (χ0) is 15.2. The van der Waals surface area contributed by atoms with Crippen LogP contribution in [0.15, 0.2) is 0 Å². The molecule has 0 saturated heterocycles. The number of carbonyl (C=O) groups excluding carboxylic acids is 1. The Morgan fingerprint density at radius 3 is 1.63 bits per heavy atom. The zero-order valence-corrected chi connectivity index (χ0v) is 14.0. The molecule has 1 atom stereocenters. The van der Waals surface area contributed by atoms with Gasteiger partial charge in [-0.05, 0) is 30.1 Å². The molecule has 3 nitrogen and oxygen atoms in total. The first-order valence-corrected chi connectivity index (χ1v) is 7.60. The van der Waals surface area contributed by atoms with Gasteiger partial charge in [0.25, 0.3) is 0 Å². The lowest BCUT2D eigenvalue weighted by Gasteiger charge is -2.33. The van der Waals surface area contributed by atoms with Crippen molar-refractivity contribution in [2.45, 2.75) is 67.3 Å². The van der Waals surface area contributed by atoms with Crippen LogP contribution in [0.5, 0.6) is 0 Å². The fourth-order valence-electron chi connectivity index (χ4n) is 1.73. The molecular formula is C16H34N2O. The Morgan fingerprint density at radius 2 is 1.37 bits per heavy atom. The van der Waals surface area contributed by atoms with Gasteiger partial charge in [0.2, 0.25) is 5.91 Å². The minimum atomic E-state index is -0.410. The van der Waals surface area contributed by atoms with E-state index in [0.717, 1.165) is 25.9 Å². The van der Waals surface area contributed by atoms with Crippen LogP contribution in [-0.4, -0.2) is 29.9 Å². The zero-order valence-electron chi connectivity index (χ0n) is 14.0. The van der Waals surface area contributed by atoms with Crippen LogP contribution in [0.1, 0.15) is 61.3 Å². The molecule has 0 aliphatic rings. The third-order valence-corrected chi connectivity index (χ3v) is 3.46. The average molecular weight is 270 g/mol. The minimum Gasteiger partial charge on any atom is -0.341 e. The molecular weight excluding hydrogens is 236 g/mol. The Bertz CT molecular complexity index is 254. The van der Waals surface area contributed by atoms with Crippen molar-refractivity contribution in [3.63, 3.8) is 0 Å². The molecule has 0 fully saturated rings. The third kappa shape index (κ3) is 7.56. The van der Waals surface area contributed by atoms with E-state index in [1.54, 1.807) is 0 Å². The minimum absolute atomic E-state index is 0.105. The second-order valence-electron chi connectivity index (χ2n) is 7.53. The predicted octanol–water partition coefficient (Wildman–Crippen LogP) is 3.28. The summed E-state index contributed by atoms with van der Waals surface area (Å²) in [5, 5.41) is 0. The maximum Gasteiger partial charge on any atom is 0.240 e. The lowest BCUT2D eigenvalue weighted by atomic mass is 9.86. The van der Waals surface area contributed by atoms with Crippen molar-refractivity contribution >= 4 is 5.91 Å². The summed E-state index contributed by atoms with van der Waals surface area (Å²) >= 11 is 0. The molecule has 114 valence electrons. The van der Waals surface area contributed by atoms with Gasteiger partial charge >= 0.3 is 0 Å². The Labute approximate surface area is 119 Å². The van der Waals surface area contributed by atoms with Crippen molar-refractivity contribution < 1.29 is 4.79 Å². The quantitative estimate of drug-likeness (QED) is 0.771. The molecule has 0 rings (SSSR count). The van der Waals surface area contributed by atoms with Gasteiger partial charge in [0.1, 0.15) is 0 Å². The van der Waals surface area contributed by atoms with Gasteiger partial charge in [0, 0.05) is 13.1 Å². The van der Waals surface area contributed by atoms with Gasteiger partial charge in [0.15, 0.2) is 0 Å². The van der Waals surface area contributed by atoms with E-state index in [0.29, 0.717) is 11.8 Å². The van der Waals surface area contributed by atoms with Gasteiger partial charge in [-0.25, -0.2) is 0 Å². The second-order valence-corrected chi connectivity index (χ2v) is 7.53. The molecule has 0 saturated carbocycles. The molecule has 0 aromatic carbocycles. The van der Waals surface area contributed by atoms with Gasteiger partial charge in [-0.2, -0.15) is 0 Å². The molecule has 0 radical (unpaired) electrons. The standard InChI is InChI=1S/C16H34N2O/c1-12(2)8-10-18(11-9-13(3)4)15(19)14(17)16(5,6)7/h12-14H,8-11,17H2,1-7H3/t14-/m0/s1. The normalized spacial score (nSPS) is 14.0. The number of carbonyl (C=O) groups is 1. The van der Waals surface area contributed by atoms with E-state index in [1.165, 1.54) is 0 Å². The number of hydrogen-bond donors (Lipinski definition) is 1. The smallest absolute Gasteiger partial charge is 0.240 e. The second kappa shape index (κ2) is 7.88. The summed E-state index contributed by atoms with van der Waals surface area (Å²) in [7, 11) is 0. The van der Waals surface area contributed by atoms with Crippen LogP contribution in [0.2, 0.25) is 0 Å². The maximum absolute atomic E-state index is 12.5. The van der Waals surface area contributed by atoms with Crippen LogP contribution in [0.4, 0.5) is 0 Å². The van der Waals surface area contributed by atoms with Crippen LogP contribution in [-0.2, 0) is 4.79 Å². The van der Waals surface area contributed by atoms with Crippen LogP contribution in [0, 0.1) is 17.3 Å². The van der Waals surface area contributed by atoms with E-state index in [1.807, 2.05) is 25.7 Å². The number of amides is 1. The maximum atomic E-state index is 12.5. The molecule has 0 bridgehead atoms. The van der Waals surface area contributed by atoms with Crippen molar-refractivity contribution in [3.05, 3.63) is 0 Å². The Balaban J connectivity index is 4.66. The molecule has 0 aromatic heterocycles. The fourth-order valence-corrected chi connectivity index (χ4v) is 1.73. The van der Waals surface area contributed by atoms with Crippen molar-refractivity contribution in [3.8, 4) is 0 Å². The number of nitrogens with two attached hydrogens (primary N) is 1. The van der Waals surface area contributed by atoms with E-state index in [9.17, 15) is 4.79 Å². The van der Waals surface area contributed by atoms with E-state index in [4.69, 9.17) is 5.73 Å². The SMILES string of the molecule is CC(C)CCN(CCC(C)C)C(=O)[C@H](N)C(C)(C)C. The lowest BCUT2D eigenvalue weighted by Crippen LogP contribution is -2.51. The largest absolute Gasteiger partial charge is 0.341 e. The topological polar surface area (TPSA) is 46.3 Å². The van der Waals surface area contributed by atoms with Crippen LogP contribution < -0.4 is 5.73 Å². The van der Waals surface area contributed by atoms with E-state index in [2.05, 4.69) is 27.7 Å². The molecule has 0 aliphatic heterocycles. The summed E-state index contributed by atoms with van der Waals surface area (Å²) in [5.41, 5.74) is 5.94. The van der Waals surface area contributed by atoms with Crippen LogP contribution in [0.3, 0.4) is 0 Å². The van der Waals surface area contributed by atoms with E-state index < -0.39 is 6.04 Å². The Hall–Kier alpha value is -0.570. The monoisotopic (exact) mass is 270 g/mol. The number of hydrogen-bond acceptors (Lipinski definition) is 2. The lowest BCUT2D eigenvalue weighted by molar-refractivity contribution is -0.135. The van der Waals surface area contributed by atoms with Crippen molar-refractivity contribution in [2.24, 2.45) is 23.0 Å². The third-order valence-electron chi connectivity index (χ3n) is 3.46. The highest BCUT2D eigenvalue weighted by molar-refractivity contribution is 5.82. The summed E-state index contributed by atoms with van der Waals surface area (Å²) in [6.45, 7) is 16.5. The van der Waals surface area contributed by atoms with Crippen LogP contribution >= 0.6 is 0 Å². The van der Waals surface area contributed by atoms with E-state index in [-0.39, 0.29) is 11.3 Å². The first-order chi connectivity index (χ1) is 8.55. The summed E-state index contributed by atoms with van der Waals surface area (Å²) in [4.78, 5) is 14.5. The Morgan fingerprint density at radius 1 is 1.00 bits per heavy atom. The van der Waals surface area contributed by atoms with Crippen molar-refractivity contribution in [2.75, 3.05) is 13.1 Å². The molecule has 0 aromatic rings. The first-order valence-electron chi connectivity index (χ1n) is 7.60. The highest BCUT2D eigenvalue weighted by atomic mass is 16.2. The van der Waals surface area contributed by atoms with Crippen LogP contribution in [0.25, 0.3) is 0 Å². The van der Waals surface area contributed by atoms with Gasteiger partial charge in [0.05, 0.1) is 6.04 Å². The molecule has 3 heteroatoms. The molecule has 1 amide bonds. The molecule has 0 spiro atoms. The van der Waals surface area contributed by atoms with Crippen molar-refractivity contribution in [1.82, 2.24) is 4.90 Å². The highest BCUT2D eigenvalue weighted by Crippen LogP contribution is 2.20. The summed E-state index contributed by atoms with van der Waals surface area (Å²) in [6.07, 6.45) is 2.08. The number of rotatable bonds is 7. The van der Waals surface area contributed by atoms with Gasteiger partial charge in [-0.15, -0.1) is 0 Å². The van der Waals surface area contributed by atoms with Gasteiger partial charge < -0.3 is 10.6 Å². The Kier molecular flexibility index (Phi) is 7.65. The van der Waals surface area contributed by atoms with Gasteiger partial charge in [-0.1, -0.05) is 48.5 Å². The summed E-state index contributed by atoms with van der Waals surface area (Å²) in [6, 6.07) is -0.410. The molecule has 0 unspecified atom stereocenters.